The number of aryl methyl sites for hydroxylation is 1. The fourth-order valence-corrected chi connectivity index (χ4v) is 3.91. The molecule has 3 aromatic rings. The first-order chi connectivity index (χ1) is 13.6. The Morgan fingerprint density at radius 1 is 0.821 bits per heavy atom. The van der Waals surface area contributed by atoms with Crippen molar-refractivity contribution < 1.29 is 14.7 Å². The predicted molar refractivity (Wildman–Crippen MR) is 108 cm³/mol. The molecule has 0 aromatic heterocycles. The van der Waals surface area contributed by atoms with E-state index in [2.05, 4.69) is 5.32 Å². The fraction of sp³-hybridized carbons (Fsp3) is 0.167. The third kappa shape index (κ3) is 3.41. The van der Waals surface area contributed by atoms with Crippen LogP contribution in [0.3, 0.4) is 0 Å². The van der Waals surface area contributed by atoms with E-state index in [9.17, 15) is 14.7 Å². The number of hydrogen-bond acceptors (Lipinski definition) is 2. The molecule has 3 aromatic carbocycles. The van der Waals surface area contributed by atoms with Crippen LogP contribution >= 0.6 is 0 Å². The van der Waals surface area contributed by atoms with Crippen LogP contribution in [0.4, 0.5) is 0 Å². The van der Waals surface area contributed by atoms with Crippen molar-refractivity contribution in [1.82, 2.24) is 5.32 Å². The molecular weight excluding hydrogens is 350 g/mol. The Labute approximate surface area is 163 Å². The number of hydrogen-bond donors (Lipinski definition) is 2. The maximum absolute atomic E-state index is 13.1. The summed E-state index contributed by atoms with van der Waals surface area (Å²) in [6.07, 6.45) is 0.941. The van der Waals surface area contributed by atoms with Crippen molar-refractivity contribution in [2.75, 3.05) is 0 Å². The molecule has 1 aliphatic rings. The number of benzene rings is 3. The van der Waals surface area contributed by atoms with E-state index in [1.807, 2.05) is 78.9 Å². The van der Waals surface area contributed by atoms with Crippen molar-refractivity contribution in [3.63, 3.8) is 0 Å². The number of fused-ring (bicyclic) bond motifs is 3. The maximum atomic E-state index is 13.1. The first-order valence-electron chi connectivity index (χ1n) is 9.40. The van der Waals surface area contributed by atoms with Gasteiger partial charge in [-0.15, -0.1) is 0 Å². The quantitative estimate of drug-likeness (QED) is 0.688. The van der Waals surface area contributed by atoms with Gasteiger partial charge in [0.05, 0.1) is 5.92 Å². The summed E-state index contributed by atoms with van der Waals surface area (Å²) in [4.78, 5) is 24.9. The number of rotatable bonds is 6. The van der Waals surface area contributed by atoms with Crippen LogP contribution in [0.1, 0.15) is 29.0 Å². The number of amides is 1. The lowest BCUT2D eigenvalue weighted by Crippen LogP contribution is -2.43. The Morgan fingerprint density at radius 3 is 1.93 bits per heavy atom. The molecule has 0 bridgehead atoms. The van der Waals surface area contributed by atoms with Gasteiger partial charge in [-0.1, -0.05) is 78.9 Å². The summed E-state index contributed by atoms with van der Waals surface area (Å²) in [6.45, 7) is 0. The average molecular weight is 371 g/mol. The van der Waals surface area contributed by atoms with Gasteiger partial charge in [-0.2, -0.15) is 0 Å². The summed E-state index contributed by atoms with van der Waals surface area (Å²) < 4.78 is 0. The van der Waals surface area contributed by atoms with E-state index in [0.29, 0.717) is 12.8 Å². The van der Waals surface area contributed by atoms with Gasteiger partial charge in [-0.25, -0.2) is 4.79 Å². The van der Waals surface area contributed by atoms with E-state index >= 15 is 0 Å². The number of nitrogens with one attached hydrogen (secondary N) is 1. The summed E-state index contributed by atoms with van der Waals surface area (Å²) >= 11 is 0. The SMILES string of the molecule is O=C(N[C@H](CCc1ccccc1)C(=O)O)C1c2ccccc2-c2ccccc21. The first kappa shape index (κ1) is 18.0. The maximum Gasteiger partial charge on any atom is 0.326 e. The zero-order valence-electron chi connectivity index (χ0n) is 15.3. The summed E-state index contributed by atoms with van der Waals surface area (Å²) in [5, 5.41) is 12.4. The first-order valence-corrected chi connectivity index (χ1v) is 9.40. The van der Waals surface area contributed by atoms with E-state index in [0.717, 1.165) is 27.8 Å². The number of carbonyl (C=O) groups excluding carboxylic acids is 1. The second kappa shape index (κ2) is 7.69. The fourth-order valence-electron chi connectivity index (χ4n) is 3.91. The van der Waals surface area contributed by atoms with Gasteiger partial charge in [0.15, 0.2) is 0 Å². The molecule has 1 aliphatic carbocycles. The highest BCUT2D eigenvalue weighted by molar-refractivity contribution is 5.97. The number of carbonyl (C=O) groups is 2. The van der Waals surface area contributed by atoms with Crippen molar-refractivity contribution in [2.24, 2.45) is 0 Å². The van der Waals surface area contributed by atoms with E-state index in [1.54, 1.807) is 0 Å². The largest absolute Gasteiger partial charge is 0.480 e. The number of carboxylic acid groups (broad SMARTS) is 1. The molecule has 28 heavy (non-hydrogen) atoms. The topological polar surface area (TPSA) is 66.4 Å². The Hall–Kier alpha value is -3.40. The molecule has 1 atom stereocenters. The second-order valence-corrected chi connectivity index (χ2v) is 7.03. The number of carboxylic acids is 1. The Bertz CT molecular complexity index is 968. The Balaban J connectivity index is 1.55. The van der Waals surface area contributed by atoms with Crippen LogP contribution < -0.4 is 5.32 Å². The highest BCUT2D eigenvalue weighted by Crippen LogP contribution is 2.44. The Kier molecular flexibility index (Phi) is 4.94. The normalized spacial score (nSPS) is 13.4. The van der Waals surface area contributed by atoms with Crippen LogP contribution in [0.2, 0.25) is 0 Å². The predicted octanol–water partition coefficient (Wildman–Crippen LogP) is 4.00. The van der Waals surface area contributed by atoms with Gasteiger partial charge in [0.25, 0.3) is 0 Å². The van der Waals surface area contributed by atoms with Gasteiger partial charge >= 0.3 is 5.97 Å². The van der Waals surface area contributed by atoms with Crippen molar-refractivity contribution in [3.05, 3.63) is 95.6 Å². The van der Waals surface area contributed by atoms with E-state index in [1.165, 1.54) is 0 Å². The molecule has 0 fully saturated rings. The molecule has 140 valence electrons. The van der Waals surface area contributed by atoms with Crippen LogP contribution in [0.5, 0.6) is 0 Å². The van der Waals surface area contributed by atoms with Crippen molar-refractivity contribution in [1.29, 1.82) is 0 Å². The van der Waals surface area contributed by atoms with Crippen molar-refractivity contribution in [3.8, 4) is 11.1 Å². The molecule has 0 unspecified atom stereocenters. The zero-order chi connectivity index (χ0) is 19.5. The van der Waals surface area contributed by atoms with Crippen LogP contribution in [0.25, 0.3) is 11.1 Å². The van der Waals surface area contributed by atoms with Gasteiger partial charge in [-0.05, 0) is 40.7 Å². The highest BCUT2D eigenvalue weighted by Gasteiger charge is 2.35. The summed E-state index contributed by atoms with van der Waals surface area (Å²) in [6, 6.07) is 24.4. The molecule has 4 rings (SSSR count). The third-order valence-corrected chi connectivity index (χ3v) is 5.28. The minimum atomic E-state index is -1.01. The molecule has 0 aliphatic heterocycles. The summed E-state index contributed by atoms with van der Waals surface area (Å²) in [5.74, 6) is -1.76. The van der Waals surface area contributed by atoms with Crippen LogP contribution in [-0.2, 0) is 16.0 Å². The molecule has 4 heteroatoms. The van der Waals surface area contributed by atoms with Crippen LogP contribution in [0, 0.1) is 0 Å². The van der Waals surface area contributed by atoms with Crippen LogP contribution in [0.15, 0.2) is 78.9 Å². The third-order valence-electron chi connectivity index (χ3n) is 5.28. The van der Waals surface area contributed by atoms with E-state index in [4.69, 9.17) is 0 Å². The molecule has 0 spiro atoms. The summed E-state index contributed by atoms with van der Waals surface area (Å²) in [5.41, 5.74) is 4.98. The minimum absolute atomic E-state index is 0.266. The standard InChI is InChI=1S/C24H21NO3/c26-23(25-21(24(27)28)15-14-16-8-2-1-3-9-16)22-19-12-6-4-10-17(19)18-11-5-7-13-20(18)22/h1-13,21-22H,14-15H2,(H,25,26)(H,27,28)/t21-/m1/s1. The van der Waals surface area contributed by atoms with Gasteiger partial charge in [0, 0.05) is 0 Å². The molecule has 0 radical (unpaired) electrons. The molecule has 0 heterocycles. The highest BCUT2D eigenvalue weighted by atomic mass is 16.4. The lowest BCUT2D eigenvalue weighted by molar-refractivity contribution is -0.142. The molecule has 1 amide bonds. The van der Waals surface area contributed by atoms with Gasteiger partial charge < -0.3 is 10.4 Å². The monoisotopic (exact) mass is 371 g/mol. The molecule has 2 N–H and O–H groups in total. The van der Waals surface area contributed by atoms with E-state index in [-0.39, 0.29) is 5.91 Å². The summed E-state index contributed by atoms with van der Waals surface area (Å²) in [7, 11) is 0. The second-order valence-electron chi connectivity index (χ2n) is 7.03. The van der Waals surface area contributed by atoms with Crippen molar-refractivity contribution >= 4 is 11.9 Å². The van der Waals surface area contributed by atoms with Gasteiger partial charge in [-0.3, -0.25) is 4.79 Å². The number of aliphatic carboxylic acids is 1. The average Bonchev–Trinajstić information content (AvgIpc) is 3.06. The smallest absolute Gasteiger partial charge is 0.326 e. The Morgan fingerprint density at radius 2 is 1.36 bits per heavy atom. The zero-order valence-corrected chi connectivity index (χ0v) is 15.3. The molecule has 4 nitrogen and oxygen atoms in total. The van der Waals surface area contributed by atoms with Gasteiger partial charge in [0.2, 0.25) is 5.91 Å². The lowest BCUT2D eigenvalue weighted by Gasteiger charge is -2.19. The lowest BCUT2D eigenvalue weighted by atomic mass is 9.95. The van der Waals surface area contributed by atoms with Crippen LogP contribution in [-0.4, -0.2) is 23.0 Å². The molecular formula is C24H21NO3. The minimum Gasteiger partial charge on any atom is -0.480 e. The molecule has 0 saturated carbocycles. The van der Waals surface area contributed by atoms with E-state index < -0.39 is 17.9 Å². The van der Waals surface area contributed by atoms with Crippen molar-refractivity contribution in [2.45, 2.75) is 24.8 Å². The molecule has 0 saturated heterocycles. The van der Waals surface area contributed by atoms with Gasteiger partial charge in [0.1, 0.15) is 6.04 Å².